The third-order valence-corrected chi connectivity index (χ3v) is 7.55. The number of halogens is 2. The maximum Gasteiger partial charge on any atom is 0.245 e. The number of hydrogen-bond donors (Lipinski definition) is 0. The standard InChI is InChI=1S/C15H16Cl2N2O3S2/c1-22-12-4-2-3-11(9-12)18-5-7-19(8-6-18)24(20,21)13-10-14(16)23-15(13)17/h2-4,9-10H,5-8H2,1H3. The van der Waals surface area contributed by atoms with E-state index in [4.69, 9.17) is 27.9 Å². The smallest absolute Gasteiger partial charge is 0.245 e. The Balaban J connectivity index is 1.73. The fourth-order valence-electron chi connectivity index (χ4n) is 2.63. The van der Waals surface area contributed by atoms with E-state index in [9.17, 15) is 8.42 Å². The van der Waals surface area contributed by atoms with Crippen LogP contribution in [-0.4, -0.2) is 46.0 Å². The lowest BCUT2D eigenvalue weighted by molar-refractivity contribution is 0.384. The molecule has 1 aliphatic rings. The van der Waals surface area contributed by atoms with E-state index >= 15 is 0 Å². The Bertz CT molecular complexity index is 831. The first-order valence-corrected chi connectivity index (χ1v) is 10.3. The number of benzene rings is 1. The van der Waals surface area contributed by atoms with Crippen molar-refractivity contribution in [1.82, 2.24) is 4.31 Å². The Labute approximate surface area is 155 Å². The predicted molar refractivity (Wildman–Crippen MR) is 98.3 cm³/mol. The van der Waals surface area contributed by atoms with Gasteiger partial charge in [0.25, 0.3) is 0 Å². The summed E-state index contributed by atoms with van der Waals surface area (Å²) in [6.45, 7) is 1.98. The summed E-state index contributed by atoms with van der Waals surface area (Å²) in [5.41, 5.74) is 1.02. The molecule has 5 nitrogen and oxygen atoms in total. The zero-order valence-electron chi connectivity index (χ0n) is 12.9. The van der Waals surface area contributed by atoms with Crippen molar-refractivity contribution < 1.29 is 13.2 Å². The van der Waals surface area contributed by atoms with Gasteiger partial charge in [-0.3, -0.25) is 0 Å². The summed E-state index contributed by atoms with van der Waals surface area (Å²) in [5.74, 6) is 0.780. The highest BCUT2D eigenvalue weighted by atomic mass is 35.5. The van der Waals surface area contributed by atoms with E-state index in [2.05, 4.69) is 4.90 Å². The van der Waals surface area contributed by atoms with E-state index < -0.39 is 10.0 Å². The highest BCUT2D eigenvalue weighted by molar-refractivity contribution is 7.89. The lowest BCUT2D eigenvalue weighted by Crippen LogP contribution is -2.48. The summed E-state index contributed by atoms with van der Waals surface area (Å²) in [6, 6.07) is 9.15. The van der Waals surface area contributed by atoms with Crippen molar-refractivity contribution in [3.63, 3.8) is 0 Å². The number of anilines is 1. The molecule has 2 heterocycles. The second-order valence-corrected chi connectivity index (χ2v) is 9.47. The number of piperazine rings is 1. The van der Waals surface area contributed by atoms with Crippen molar-refractivity contribution in [2.45, 2.75) is 4.90 Å². The van der Waals surface area contributed by atoms with Gasteiger partial charge in [-0.25, -0.2) is 8.42 Å². The lowest BCUT2D eigenvalue weighted by atomic mass is 10.2. The molecule has 2 aromatic rings. The molecule has 1 aromatic carbocycles. The first kappa shape index (κ1) is 17.8. The van der Waals surface area contributed by atoms with Crippen molar-refractivity contribution in [3.05, 3.63) is 39.0 Å². The summed E-state index contributed by atoms with van der Waals surface area (Å²) >= 11 is 12.9. The molecule has 130 valence electrons. The first-order valence-electron chi connectivity index (χ1n) is 7.26. The lowest BCUT2D eigenvalue weighted by Gasteiger charge is -2.35. The quantitative estimate of drug-likeness (QED) is 0.778. The average Bonchev–Trinajstić information content (AvgIpc) is 2.94. The van der Waals surface area contributed by atoms with Crippen LogP contribution in [0.4, 0.5) is 5.69 Å². The Kier molecular flexibility index (Phi) is 5.27. The van der Waals surface area contributed by atoms with Crippen LogP contribution >= 0.6 is 34.5 Å². The number of rotatable bonds is 4. The van der Waals surface area contributed by atoms with E-state index in [1.807, 2.05) is 24.3 Å². The molecular formula is C15H16Cl2N2O3S2. The van der Waals surface area contributed by atoms with Gasteiger partial charge in [-0.05, 0) is 18.2 Å². The van der Waals surface area contributed by atoms with Crippen LogP contribution in [0.5, 0.6) is 5.75 Å². The van der Waals surface area contributed by atoms with E-state index in [0.717, 1.165) is 22.8 Å². The van der Waals surface area contributed by atoms with Crippen LogP contribution in [0.3, 0.4) is 0 Å². The third-order valence-electron chi connectivity index (χ3n) is 3.90. The molecule has 0 spiro atoms. The molecule has 0 aliphatic carbocycles. The van der Waals surface area contributed by atoms with E-state index in [0.29, 0.717) is 30.5 Å². The normalized spacial score (nSPS) is 16.4. The Morgan fingerprint density at radius 1 is 1.12 bits per heavy atom. The molecule has 1 saturated heterocycles. The van der Waals surface area contributed by atoms with Gasteiger partial charge < -0.3 is 9.64 Å². The van der Waals surface area contributed by atoms with Crippen LogP contribution in [0, 0.1) is 0 Å². The fourth-order valence-corrected chi connectivity index (χ4v) is 6.17. The van der Waals surface area contributed by atoms with Gasteiger partial charge in [0.05, 0.1) is 11.4 Å². The van der Waals surface area contributed by atoms with Gasteiger partial charge in [-0.1, -0.05) is 29.3 Å². The van der Waals surface area contributed by atoms with Gasteiger partial charge in [-0.15, -0.1) is 11.3 Å². The Hall–Kier alpha value is -0.990. The second-order valence-electron chi connectivity index (χ2n) is 5.28. The first-order chi connectivity index (χ1) is 11.4. The van der Waals surface area contributed by atoms with E-state index in [-0.39, 0.29) is 9.23 Å². The number of ether oxygens (including phenoxy) is 1. The molecule has 9 heteroatoms. The largest absolute Gasteiger partial charge is 0.497 e. The van der Waals surface area contributed by atoms with Crippen LogP contribution < -0.4 is 9.64 Å². The minimum absolute atomic E-state index is 0.0917. The average molecular weight is 407 g/mol. The van der Waals surface area contributed by atoms with E-state index in [1.165, 1.54) is 10.4 Å². The fraction of sp³-hybridized carbons (Fsp3) is 0.333. The van der Waals surface area contributed by atoms with Gasteiger partial charge in [0.15, 0.2) is 0 Å². The zero-order chi connectivity index (χ0) is 17.3. The maximum absolute atomic E-state index is 12.7. The highest BCUT2D eigenvalue weighted by Crippen LogP contribution is 2.36. The molecule has 1 aromatic heterocycles. The summed E-state index contributed by atoms with van der Waals surface area (Å²) in [4.78, 5) is 2.23. The molecule has 0 unspecified atom stereocenters. The molecule has 0 radical (unpaired) electrons. The number of thiophene rings is 1. The number of hydrogen-bond acceptors (Lipinski definition) is 5. The molecule has 0 amide bonds. The molecule has 24 heavy (non-hydrogen) atoms. The van der Waals surface area contributed by atoms with Crippen LogP contribution in [-0.2, 0) is 10.0 Å². The van der Waals surface area contributed by atoms with Gasteiger partial charge in [0.2, 0.25) is 10.0 Å². The number of nitrogens with zero attached hydrogens (tertiary/aromatic N) is 2. The second kappa shape index (κ2) is 7.09. The zero-order valence-corrected chi connectivity index (χ0v) is 16.1. The molecule has 1 fully saturated rings. The SMILES string of the molecule is COc1cccc(N2CCN(S(=O)(=O)c3cc(Cl)sc3Cl)CC2)c1. The topological polar surface area (TPSA) is 49.9 Å². The van der Waals surface area contributed by atoms with Crippen LogP contribution in [0.2, 0.25) is 8.67 Å². The minimum atomic E-state index is -3.61. The third kappa shape index (κ3) is 3.50. The van der Waals surface area contributed by atoms with Crippen molar-refractivity contribution in [1.29, 1.82) is 0 Å². The predicted octanol–water partition coefficient (Wildman–Crippen LogP) is 3.57. The summed E-state index contributed by atoms with van der Waals surface area (Å²) in [5, 5.41) is 0. The van der Waals surface area contributed by atoms with Gasteiger partial charge in [-0.2, -0.15) is 4.31 Å². The number of sulfonamides is 1. The number of methoxy groups -OCH3 is 1. The molecular weight excluding hydrogens is 391 g/mol. The minimum Gasteiger partial charge on any atom is -0.497 e. The molecule has 3 rings (SSSR count). The highest BCUT2D eigenvalue weighted by Gasteiger charge is 2.31. The van der Waals surface area contributed by atoms with Gasteiger partial charge in [0.1, 0.15) is 15.0 Å². The summed E-state index contributed by atoms with van der Waals surface area (Å²) in [7, 11) is -1.99. The maximum atomic E-state index is 12.7. The van der Waals surface area contributed by atoms with Gasteiger partial charge in [0, 0.05) is 37.9 Å². The molecule has 1 aliphatic heterocycles. The summed E-state index contributed by atoms with van der Waals surface area (Å²) in [6.07, 6.45) is 0. The Morgan fingerprint density at radius 2 is 1.83 bits per heavy atom. The molecule has 0 N–H and O–H groups in total. The van der Waals surface area contributed by atoms with Crippen molar-refractivity contribution >= 4 is 50.2 Å². The van der Waals surface area contributed by atoms with Crippen molar-refractivity contribution in [2.75, 3.05) is 38.2 Å². The molecule has 0 bridgehead atoms. The van der Waals surface area contributed by atoms with E-state index in [1.54, 1.807) is 7.11 Å². The monoisotopic (exact) mass is 406 g/mol. The molecule has 0 atom stereocenters. The van der Waals surface area contributed by atoms with Crippen LogP contribution in [0.1, 0.15) is 0 Å². The van der Waals surface area contributed by atoms with Crippen molar-refractivity contribution in [3.8, 4) is 5.75 Å². The molecule has 0 saturated carbocycles. The summed E-state index contributed by atoms with van der Waals surface area (Å²) < 4.78 is 32.7. The van der Waals surface area contributed by atoms with Crippen LogP contribution in [0.15, 0.2) is 35.2 Å². The van der Waals surface area contributed by atoms with Crippen LogP contribution in [0.25, 0.3) is 0 Å². The van der Waals surface area contributed by atoms with Gasteiger partial charge >= 0.3 is 0 Å². The Morgan fingerprint density at radius 3 is 2.42 bits per heavy atom. The van der Waals surface area contributed by atoms with Crippen molar-refractivity contribution in [2.24, 2.45) is 0 Å².